The van der Waals surface area contributed by atoms with Crippen LogP contribution in [0.2, 0.25) is 10.0 Å². The second-order valence-electron chi connectivity index (χ2n) is 2.68. The fraction of sp³-hybridized carbons (Fsp3) is 0. The number of benzene rings is 2. The summed E-state index contributed by atoms with van der Waals surface area (Å²) >= 11 is 10.6. The predicted octanol–water partition coefficient (Wildman–Crippen LogP) is 4.18. The molecule has 0 fully saturated rings. The molecule has 2 aromatic rings. The van der Waals surface area contributed by atoms with Crippen molar-refractivity contribution in [3.8, 4) is 0 Å². The van der Waals surface area contributed by atoms with Gasteiger partial charge in [0, 0.05) is 11.6 Å². The first-order valence-corrected chi connectivity index (χ1v) is 4.99. The number of rotatable bonds is 0. The van der Waals surface area contributed by atoms with Crippen LogP contribution < -0.4 is 0 Å². The molecule has 0 unspecified atom stereocenters. The van der Waals surface area contributed by atoms with Gasteiger partial charge in [0.15, 0.2) is 0 Å². The maximum absolute atomic E-state index is 12.2. The summed E-state index contributed by atoms with van der Waals surface area (Å²) < 4.78 is 24.3. The molecule has 0 atom stereocenters. The Hall–Kier alpha value is -0.354. The van der Waals surface area contributed by atoms with Gasteiger partial charge in [-0.2, -0.15) is 24.3 Å². The molecule has 0 saturated heterocycles. The quantitative estimate of drug-likeness (QED) is 0.502. The zero-order valence-corrected chi connectivity index (χ0v) is 11.6. The fourth-order valence-corrected chi connectivity index (χ4v) is 1.02. The molecule has 0 heterocycles. The summed E-state index contributed by atoms with van der Waals surface area (Å²) in [5.74, 6) is -0.844. The topological polar surface area (TPSA) is 0 Å². The SMILES string of the molecule is Fc1c[c-]ccc1Cl.Fc1c[c-]ccc1Cl.[Mg+2]. The van der Waals surface area contributed by atoms with Crippen LogP contribution in [0, 0.1) is 23.8 Å². The van der Waals surface area contributed by atoms with Crippen molar-refractivity contribution in [2.75, 3.05) is 0 Å². The molecular weight excluding hydrogens is 277 g/mol. The molecule has 0 nitrogen and oxygen atoms in total. The molecule has 17 heavy (non-hydrogen) atoms. The van der Waals surface area contributed by atoms with Crippen molar-refractivity contribution in [2.45, 2.75) is 0 Å². The normalized spacial score (nSPS) is 8.71. The third-order valence-electron chi connectivity index (χ3n) is 1.53. The minimum absolute atomic E-state index is 0. The third-order valence-corrected chi connectivity index (χ3v) is 2.14. The van der Waals surface area contributed by atoms with E-state index in [4.69, 9.17) is 23.2 Å². The molecule has 0 aliphatic carbocycles. The van der Waals surface area contributed by atoms with Crippen molar-refractivity contribution >= 4 is 46.3 Å². The van der Waals surface area contributed by atoms with Gasteiger partial charge in [0.25, 0.3) is 0 Å². The minimum atomic E-state index is -0.422. The average molecular weight is 283 g/mol. The minimum Gasteiger partial charge on any atom is -0.283 e. The monoisotopic (exact) mass is 282 g/mol. The standard InChI is InChI=1S/2C6H3ClF.Mg/c2*7-5-3-1-2-4-6(5)8;/h2*1,3-4H;/q2*-1;+2. The van der Waals surface area contributed by atoms with Crippen molar-refractivity contribution in [2.24, 2.45) is 0 Å². The van der Waals surface area contributed by atoms with Crippen molar-refractivity contribution in [1.82, 2.24) is 0 Å². The Balaban J connectivity index is 0.000000284. The molecular formula is C12H6Cl2F2Mg. The van der Waals surface area contributed by atoms with Gasteiger partial charge in [0.1, 0.15) is 0 Å². The summed E-state index contributed by atoms with van der Waals surface area (Å²) in [6.45, 7) is 0. The summed E-state index contributed by atoms with van der Waals surface area (Å²) in [6, 6.07) is 13.5. The number of halogens is 4. The molecule has 5 heteroatoms. The van der Waals surface area contributed by atoms with Crippen LogP contribution in [-0.2, 0) is 0 Å². The summed E-state index contributed by atoms with van der Waals surface area (Å²) in [5.41, 5.74) is 0. The van der Waals surface area contributed by atoms with E-state index in [0.29, 0.717) is 0 Å². The molecule has 84 valence electrons. The van der Waals surface area contributed by atoms with E-state index in [1.807, 2.05) is 0 Å². The molecule has 0 aliphatic rings. The molecule has 0 aliphatic heterocycles. The van der Waals surface area contributed by atoms with Crippen LogP contribution in [0.15, 0.2) is 36.4 Å². The summed E-state index contributed by atoms with van der Waals surface area (Å²) in [7, 11) is 0. The Labute approximate surface area is 125 Å². The average Bonchev–Trinajstić information content (AvgIpc) is 2.28. The molecule has 2 rings (SSSR count). The van der Waals surface area contributed by atoms with E-state index in [1.165, 1.54) is 24.3 Å². The van der Waals surface area contributed by atoms with Gasteiger partial charge in [-0.05, 0) is 10.0 Å². The van der Waals surface area contributed by atoms with Gasteiger partial charge in [-0.15, -0.1) is 47.5 Å². The maximum Gasteiger partial charge on any atom is 2.00 e. The van der Waals surface area contributed by atoms with Gasteiger partial charge in [0.2, 0.25) is 0 Å². The number of hydrogen-bond donors (Lipinski definition) is 0. The fourth-order valence-electron chi connectivity index (χ4n) is 0.782. The molecule has 0 aromatic heterocycles. The van der Waals surface area contributed by atoms with E-state index in [9.17, 15) is 8.78 Å². The Bertz CT molecular complexity index is 378. The first kappa shape index (κ1) is 16.6. The van der Waals surface area contributed by atoms with E-state index in [-0.39, 0.29) is 33.1 Å². The van der Waals surface area contributed by atoms with E-state index >= 15 is 0 Å². The van der Waals surface area contributed by atoms with Crippen LogP contribution in [0.4, 0.5) is 8.78 Å². The van der Waals surface area contributed by atoms with E-state index in [0.717, 1.165) is 0 Å². The predicted molar refractivity (Wildman–Crippen MR) is 66.2 cm³/mol. The second kappa shape index (κ2) is 8.70. The first-order valence-electron chi connectivity index (χ1n) is 4.23. The molecule has 0 saturated carbocycles. The van der Waals surface area contributed by atoms with E-state index in [1.54, 1.807) is 12.1 Å². The molecule has 0 amide bonds. The first-order chi connectivity index (χ1) is 7.61. The zero-order chi connectivity index (χ0) is 12.0. The Kier molecular flexibility index (Phi) is 8.51. The third kappa shape index (κ3) is 6.22. The molecule has 0 N–H and O–H groups in total. The van der Waals surface area contributed by atoms with Gasteiger partial charge < -0.3 is 0 Å². The van der Waals surface area contributed by atoms with Crippen molar-refractivity contribution in [3.05, 3.63) is 70.2 Å². The molecule has 0 spiro atoms. The van der Waals surface area contributed by atoms with Gasteiger partial charge in [0.05, 0.1) is 0 Å². The number of hydrogen-bond acceptors (Lipinski definition) is 0. The van der Waals surface area contributed by atoms with Crippen molar-refractivity contribution in [3.63, 3.8) is 0 Å². The molecule has 0 radical (unpaired) electrons. The molecule has 0 bridgehead atoms. The van der Waals surface area contributed by atoms with Crippen molar-refractivity contribution < 1.29 is 8.78 Å². The van der Waals surface area contributed by atoms with Crippen LogP contribution in [0.1, 0.15) is 0 Å². The Morgan fingerprint density at radius 2 is 1.18 bits per heavy atom. The van der Waals surface area contributed by atoms with Crippen LogP contribution in [-0.4, -0.2) is 23.1 Å². The maximum atomic E-state index is 12.2. The summed E-state index contributed by atoms with van der Waals surface area (Å²) in [4.78, 5) is 0. The summed E-state index contributed by atoms with van der Waals surface area (Å²) in [5, 5.41) is 0.285. The van der Waals surface area contributed by atoms with Crippen LogP contribution in [0.5, 0.6) is 0 Å². The van der Waals surface area contributed by atoms with E-state index in [2.05, 4.69) is 12.1 Å². The largest absolute Gasteiger partial charge is 2.00 e. The smallest absolute Gasteiger partial charge is 0.283 e. The second-order valence-corrected chi connectivity index (χ2v) is 3.49. The van der Waals surface area contributed by atoms with Gasteiger partial charge in [-0.3, -0.25) is 8.78 Å². The van der Waals surface area contributed by atoms with Crippen molar-refractivity contribution in [1.29, 1.82) is 0 Å². The zero-order valence-electron chi connectivity index (χ0n) is 8.68. The van der Waals surface area contributed by atoms with Gasteiger partial charge in [-0.1, -0.05) is 0 Å². The van der Waals surface area contributed by atoms with Gasteiger partial charge in [-0.25, -0.2) is 0 Å². The van der Waals surface area contributed by atoms with Crippen LogP contribution in [0.25, 0.3) is 0 Å². The Morgan fingerprint density at radius 3 is 1.35 bits per heavy atom. The van der Waals surface area contributed by atoms with Gasteiger partial charge >= 0.3 is 23.1 Å². The molecule has 2 aromatic carbocycles. The van der Waals surface area contributed by atoms with Crippen LogP contribution in [0.3, 0.4) is 0 Å². The van der Waals surface area contributed by atoms with E-state index < -0.39 is 11.6 Å². The van der Waals surface area contributed by atoms with Crippen LogP contribution >= 0.6 is 23.2 Å². The summed E-state index contributed by atoms with van der Waals surface area (Å²) in [6.07, 6.45) is 0. The Morgan fingerprint density at radius 1 is 0.824 bits per heavy atom.